The maximum absolute atomic E-state index is 13.0. The van der Waals surface area contributed by atoms with Crippen molar-refractivity contribution in [3.8, 4) is 5.75 Å². The average Bonchev–Trinajstić information content (AvgIpc) is 3.05. The number of para-hydroxylation sites is 1. The Bertz CT molecular complexity index is 904. The number of hydrogen-bond acceptors (Lipinski definition) is 5. The second kappa shape index (κ2) is 6.95. The van der Waals surface area contributed by atoms with Gasteiger partial charge in [-0.1, -0.05) is 18.2 Å². The molecule has 2 fully saturated rings. The van der Waals surface area contributed by atoms with E-state index < -0.39 is 9.84 Å². The summed E-state index contributed by atoms with van der Waals surface area (Å²) in [6.45, 7) is 5.57. The van der Waals surface area contributed by atoms with Crippen molar-refractivity contribution in [1.29, 1.82) is 0 Å². The molecule has 0 aliphatic carbocycles. The summed E-state index contributed by atoms with van der Waals surface area (Å²) in [7, 11) is -3.40. The Hall–Kier alpha value is -1.86. The number of nitrogens with one attached hydrogen (secondary N) is 1. The van der Waals surface area contributed by atoms with Crippen LogP contribution in [-0.2, 0) is 9.84 Å². The van der Waals surface area contributed by atoms with Crippen molar-refractivity contribution in [2.24, 2.45) is 0 Å². The van der Waals surface area contributed by atoms with Crippen LogP contribution in [0.5, 0.6) is 5.75 Å². The number of fused-ring (bicyclic) bond motifs is 2. The van der Waals surface area contributed by atoms with Crippen molar-refractivity contribution >= 4 is 9.84 Å². The molecule has 6 nitrogen and oxygen atoms in total. The largest absolute Gasteiger partial charge is 0.490 e. The lowest BCUT2D eigenvalue weighted by Crippen LogP contribution is -2.48. The number of piperidine rings is 1. The third-order valence-corrected chi connectivity index (χ3v) is 7.78. The first-order valence-corrected chi connectivity index (χ1v) is 11.2. The zero-order valence-corrected chi connectivity index (χ0v) is 16.9. The maximum atomic E-state index is 13.0. The number of aromatic nitrogens is 2. The summed E-state index contributed by atoms with van der Waals surface area (Å²) >= 11 is 0. The molecule has 4 rings (SSSR count). The van der Waals surface area contributed by atoms with E-state index in [2.05, 4.69) is 28.1 Å². The molecule has 2 saturated heterocycles. The number of aromatic amines is 1. The van der Waals surface area contributed by atoms with Crippen molar-refractivity contribution < 1.29 is 13.2 Å². The van der Waals surface area contributed by atoms with Crippen LogP contribution in [0.1, 0.15) is 42.6 Å². The minimum atomic E-state index is -3.40. The normalized spacial score (nSPS) is 25.7. The number of nitrogens with zero attached hydrogens (tertiary/aromatic N) is 2. The van der Waals surface area contributed by atoms with E-state index in [0.717, 1.165) is 37.0 Å². The van der Waals surface area contributed by atoms with Crippen molar-refractivity contribution in [3.05, 3.63) is 41.2 Å². The lowest BCUT2D eigenvalue weighted by Gasteiger charge is -2.38. The fraction of sp³-hybridized carbons (Fsp3) is 0.550. The summed E-state index contributed by atoms with van der Waals surface area (Å²) in [6.07, 6.45) is 3.99. The summed E-state index contributed by atoms with van der Waals surface area (Å²) in [5.41, 5.74) is 2.32. The molecule has 1 N–H and O–H groups in total. The predicted molar refractivity (Wildman–Crippen MR) is 104 cm³/mol. The van der Waals surface area contributed by atoms with Crippen LogP contribution < -0.4 is 4.74 Å². The van der Waals surface area contributed by atoms with Crippen molar-refractivity contribution in [3.63, 3.8) is 0 Å². The van der Waals surface area contributed by atoms with E-state index in [1.807, 2.05) is 18.2 Å². The first-order chi connectivity index (χ1) is 12.8. The van der Waals surface area contributed by atoms with E-state index in [-0.39, 0.29) is 24.1 Å². The van der Waals surface area contributed by atoms with Crippen molar-refractivity contribution in [2.45, 2.75) is 69.5 Å². The molecule has 27 heavy (non-hydrogen) atoms. The number of hydrogen-bond donors (Lipinski definition) is 1. The standard InChI is InChI=1S/C20H27N3O3S/c1-13-6-4-5-7-19(13)26-18-10-16-8-9-17(11-18)23(16)12-27(24,25)20-14(2)21-22-15(20)3/h4-7,16-18H,8-12H2,1-3H3,(H,21,22)/t16-,17+,18-. The van der Waals surface area contributed by atoms with Crippen LogP contribution in [0.4, 0.5) is 0 Å². The second-order valence-electron chi connectivity index (χ2n) is 7.88. The minimum absolute atomic E-state index is 0.0701. The van der Waals surface area contributed by atoms with E-state index in [1.165, 1.54) is 0 Å². The van der Waals surface area contributed by atoms with Gasteiger partial charge >= 0.3 is 0 Å². The molecule has 3 atom stereocenters. The molecule has 2 aliphatic heterocycles. The van der Waals surface area contributed by atoms with Crippen LogP contribution in [0, 0.1) is 20.8 Å². The van der Waals surface area contributed by atoms with Crippen LogP contribution in [0.2, 0.25) is 0 Å². The Labute approximate surface area is 160 Å². The van der Waals surface area contributed by atoms with Crippen LogP contribution >= 0.6 is 0 Å². The number of rotatable bonds is 5. The molecular formula is C20H27N3O3S. The van der Waals surface area contributed by atoms with Crippen LogP contribution in [0.15, 0.2) is 29.2 Å². The van der Waals surface area contributed by atoms with Gasteiger partial charge in [0.25, 0.3) is 0 Å². The predicted octanol–water partition coefficient (Wildman–Crippen LogP) is 3.14. The highest BCUT2D eigenvalue weighted by Gasteiger charge is 2.44. The lowest BCUT2D eigenvalue weighted by molar-refractivity contribution is 0.0605. The molecule has 1 aromatic carbocycles. The van der Waals surface area contributed by atoms with Gasteiger partial charge in [-0.25, -0.2) is 8.42 Å². The summed E-state index contributed by atoms with van der Waals surface area (Å²) in [6, 6.07) is 8.60. The molecule has 0 unspecified atom stereocenters. The molecule has 0 spiro atoms. The topological polar surface area (TPSA) is 75.3 Å². The van der Waals surface area contributed by atoms with E-state index in [4.69, 9.17) is 4.74 Å². The molecule has 146 valence electrons. The number of sulfone groups is 1. The van der Waals surface area contributed by atoms with Gasteiger partial charge in [-0.15, -0.1) is 0 Å². The van der Waals surface area contributed by atoms with Gasteiger partial charge < -0.3 is 4.74 Å². The number of benzene rings is 1. The highest BCUT2D eigenvalue weighted by atomic mass is 32.2. The molecule has 2 aliphatic rings. The highest BCUT2D eigenvalue weighted by molar-refractivity contribution is 7.91. The molecule has 0 saturated carbocycles. The van der Waals surface area contributed by atoms with E-state index >= 15 is 0 Å². The summed E-state index contributed by atoms with van der Waals surface area (Å²) in [5.74, 6) is 1.01. The smallest absolute Gasteiger partial charge is 0.195 e. The van der Waals surface area contributed by atoms with Gasteiger partial charge in [-0.2, -0.15) is 5.10 Å². The average molecular weight is 390 g/mol. The Morgan fingerprint density at radius 3 is 2.41 bits per heavy atom. The fourth-order valence-corrected chi connectivity index (χ4v) is 6.61. The zero-order valence-electron chi connectivity index (χ0n) is 16.1. The molecule has 7 heteroatoms. The van der Waals surface area contributed by atoms with E-state index in [0.29, 0.717) is 16.3 Å². The molecule has 2 aromatic rings. The number of H-pyrrole nitrogens is 1. The Morgan fingerprint density at radius 1 is 1.15 bits per heavy atom. The van der Waals surface area contributed by atoms with Gasteiger partial charge in [-0.3, -0.25) is 10.00 Å². The second-order valence-corrected chi connectivity index (χ2v) is 9.78. The maximum Gasteiger partial charge on any atom is 0.195 e. The van der Waals surface area contributed by atoms with Gasteiger partial charge in [0.2, 0.25) is 0 Å². The van der Waals surface area contributed by atoms with Gasteiger partial charge in [0.05, 0.1) is 11.4 Å². The lowest BCUT2D eigenvalue weighted by atomic mass is 10.0. The quantitative estimate of drug-likeness (QED) is 0.850. The summed E-state index contributed by atoms with van der Waals surface area (Å²) in [4.78, 5) is 2.54. The molecule has 3 heterocycles. The number of ether oxygens (including phenoxy) is 1. The zero-order chi connectivity index (χ0) is 19.2. The van der Waals surface area contributed by atoms with E-state index in [9.17, 15) is 8.42 Å². The fourth-order valence-electron chi connectivity index (χ4n) is 4.66. The van der Waals surface area contributed by atoms with Crippen LogP contribution in [0.3, 0.4) is 0 Å². The minimum Gasteiger partial charge on any atom is -0.490 e. The molecule has 0 radical (unpaired) electrons. The van der Waals surface area contributed by atoms with Gasteiger partial charge in [0.15, 0.2) is 9.84 Å². The summed E-state index contributed by atoms with van der Waals surface area (Å²) < 4.78 is 32.3. The molecule has 2 bridgehead atoms. The first-order valence-electron chi connectivity index (χ1n) is 9.57. The molecule has 1 aromatic heterocycles. The van der Waals surface area contributed by atoms with Gasteiger partial charge in [0, 0.05) is 12.1 Å². The Morgan fingerprint density at radius 2 is 1.81 bits per heavy atom. The Balaban J connectivity index is 1.48. The monoisotopic (exact) mass is 389 g/mol. The highest BCUT2D eigenvalue weighted by Crippen LogP contribution is 2.38. The molecule has 0 amide bonds. The van der Waals surface area contributed by atoms with Gasteiger partial charge in [0.1, 0.15) is 22.6 Å². The third kappa shape index (κ3) is 3.50. The van der Waals surface area contributed by atoms with Crippen molar-refractivity contribution in [2.75, 3.05) is 5.88 Å². The third-order valence-electron chi connectivity index (χ3n) is 5.92. The molecular weight excluding hydrogens is 362 g/mol. The number of aryl methyl sites for hydroxylation is 3. The van der Waals surface area contributed by atoms with Gasteiger partial charge in [-0.05, 0) is 58.1 Å². The van der Waals surface area contributed by atoms with Crippen LogP contribution in [0.25, 0.3) is 0 Å². The SMILES string of the molecule is Cc1ccccc1O[C@@H]1C[C@H]2CC[C@@H](C1)N2CS(=O)(=O)c1c(C)n[nH]c1C. The Kier molecular flexibility index (Phi) is 4.76. The first kappa shape index (κ1) is 18.5. The summed E-state index contributed by atoms with van der Waals surface area (Å²) in [5, 5.41) is 6.84. The van der Waals surface area contributed by atoms with Crippen LogP contribution in [-0.4, -0.2) is 47.6 Å². The van der Waals surface area contributed by atoms with Crippen molar-refractivity contribution in [1.82, 2.24) is 15.1 Å². The van der Waals surface area contributed by atoms with E-state index in [1.54, 1.807) is 13.8 Å².